The van der Waals surface area contributed by atoms with Gasteiger partial charge in [-0.1, -0.05) is 12.1 Å². The zero-order chi connectivity index (χ0) is 17.4. The van der Waals surface area contributed by atoms with E-state index in [1.54, 1.807) is 18.5 Å². The van der Waals surface area contributed by atoms with Gasteiger partial charge < -0.3 is 15.0 Å². The Kier molecular flexibility index (Phi) is 6.51. The number of anilines is 1. The van der Waals surface area contributed by atoms with E-state index < -0.39 is 0 Å². The molecule has 1 aromatic carbocycles. The second kappa shape index (κ2) is 8.84. The van der Waals surface area contributed by atoms with E-state index in [9.17, 15) is 4.79 Å². The lowest BCUT2D eigenvalue weighted by Gasteiger charge is -2.14. The van der Waals surface area contributed by atoms with Crippen LogP contribution >= 0.6 is 0 Å². The van der Waals surface area contributed by atoms with Crippen LogP contribution in [0.5, 0.6) is 5.75 Å². The minimum absolute atomic E-state index is 0.208. The van der Waals surface area contributed by atoms with Crippen molar-refractivity contribution in [3.8, 4) is 5.75 Å². The van der Waals surface area contributed by atoms with Gasteiger partial charge in [-0.2, -0.15) is 0 Å². The SMILES string of the molecule is Cc1ccc(NC(=O)/C=C/c2cccnc2)c(OCCN(C)C)c1. The Bertz CT molecular complexity index is 697. The van der Waals surface area contributed by atoms with E-state index in [0.717, 1.165) is 17.7 Å². The molecule has 1 heterocycles. The van der Waals surface area contributed by atoms with Crippen LogP contribution in [0.25, 0.3) is 6.08 Å². The molecular weight excluding hydrogens is 302 g/mol. The van der Waals surface area contributed by atoms with Crippen molar-refractivity contribution in [3.05, 3.63) is 59.9 Å². The van der Waals surface area contributed by atoms with Crippen LogP contribution in [-0.4, -0.2) is 43.0 Å². The number of carbonyl (C=O) groups excluding carboxylic acids is 1. The number of carbonyl (C=O) groups is 1. The van der Waals surface area contributed by atoms with Crippen molar-refractivity contribution in [2.75, 3.05) is 32.6 Å². The smallest absolute Gasteiger partial charge is 0.248 e. The molecule has 0 saturated heterocycles. The summed E-state index contributed by atoms with van der Waals surface area (Å²) in [7, 11) is 3.98. The highest BCUT2D eigenvalue weighted by molar-refractivity contribution is 6.02. The lowest BCUT2D eigenvalue weighted by molar-refractivity contribution is -0.111. The molecule has 0 spiro atoms. The predicted molar refractivity (Wildman–Crippen MR) is 97.1 cm³/mol. The molecule has 2 rings (SSSR count). The van der Waals surface area contributed by atoms with Gasteiger partial charge in [0.15, 0.2) is 0 Å². The number of aromatic nitrogens is 1. The van der Waals surface area contributed by atoms with Gasteiger partial charge in [0, 0.05) is 25.0 Å². The van der Waals surface area contributed by atoms with Crippen LogP contribution in [0.1, 0.15) is 11.1 Å². The number of nitrogens with one attached hydrogen (secondary N) is 1. The standard InChI is InChI=1S/C19H23N3O2/c1-15-6-8-17(18(13-15)24-12-11-22(2)3)21-19(23)9-7-16-5-4-10-20-14-16/h4-10,13-14H,11-12H2,1-3H3,(H,21,23)/b9-7+. The van der Waals surface area contributed by atoms with Crippen molar-refractivity contribution >= 4 is 17.7 Å². The Balaban J connectivity index is 2.02. The van der Waals surface area contributed by atoms with Crippen molar-refractivity contribution in [2.24, 2.45) is 0 Å². The second-order valence-corrected chi connectivity index (χ2v) is 5.76. The average Bonchev–Trinajstić information content (AvgIpc) is 2.56. The molecule has 0 aliphatic carbocycles. The Hall–Kier alpha value is -2.66. The summed E-state index contributed by atoms with van der Waals surface area (Å²) < 4.78 is 5.80. The molecule has 5 heteroatoms. The van der Waals surface area contributed by atoms with Crippen LogP contribution in [-0.2, 0) is 4.79 Å². The lowest BCUT2D eigenvalue weighted by Crippen LogP contribution is -2.20. The highest BCUT2D eigenvalue weighted by atomic mass is 16.5. The number of aryl methyl sites for hydroxylation is 1. The van der Waals surface area contributed by atoms with Crippen LogP contribution < -0.4 is 10.1 Å². The van der Waals surface area contributed by atoms with E-state index in [2.05, 4.69) is 10.3 Å². The van der Waals surface area contributed by atoms with Gasteiger partial charge in [-0.15, -0.1) is 0 Å². The van der Waals surface area contributed by atoms with Gasteiger partial charge >= 0.3 is 0 Å². The van der Waals surface area contributed by atoms with Crippen LogP contribution in [0.2, 0.25) is 0 Å². The molecule has 5 nitrogen and oxygen atoms in total. The molecule has 0 radical (unpaired) electrons. The maximum atomic E-state index is 12.1. The molecular formula is C19H23N3O2. The molecule has 0 saturated carbocycles. The first-order chi connectivity index (χ1) is 11.5. The number of hydrogen-bond acceptors (Lipinski definition) is 4. The van der Waals surface area contributed by atoms with Crippen LogP contribution in [0.3, 0.4) is 0 Å². The van der Waals surface area contributed by atoms with Crippen LogP contribution in [0.4, 0.5) is 5.69 Å². The molecule has 2 aromatic rings. The van der Waals surface area contributed by atoms with E-state index >= 15 is 0 Å². The second-order valence-electron chi connectivity index (χ2n) is 5.76. The largest absolute Gasteiger partial charge is 0.490 e. The van der Waals surface area contributed by atoms with Gasteiger partial charge in [0.1, 0.15) is 12.4 Å². The van der Waals surface area contributed by atoms with Crippen LogP contribution in [0.15, 0.2) is 48.8 Å². The average molecular weight is 325 g/mol. The van der Waals surface area contributed by atoms with Crippen molar-refractivity contribution in [1.29, 1.82) is 0 Å². The molecule has 0 fully saturated rings. The summed E-state index contributed by atoms with van der Waals surface area (Å²) in [6.07, 6.45) is 6.61. The van der Waals surface area contributed by atoms with Gasteiger partial charge in [0.05, 0.1) is 5.69 Å². The molecule has 0 bridgehead atoms. The van der Waals surface area contributed by atoms with Crippen LogP contribution in [0, 0.1) is 6.92 Å². The Labute approximate surface area is 143 Å². The summed E-state index contributed by atoms with van der Waals surface area (Å²) in [6, 6.07) is 9.44. The van der Waals surface area contributed by atoms with Crippen molar-refractivity contribution < 1.29 is 9.53 Å². The summed E-state index contributed by atoms with van der Waals surface area (Å²) in [4.78, 5) is 18.2. The first-order valence-corrected chi connectivity index (χ1v) is 7.82. The molecule has 0 atom stereocenters. The number of benzene rings is 1. The Morgan fingerprint density at radius 2 is 2.17 bits per heavy atom. The maximum absolute atomic E-state index is 12.1. The van der Waals surface area contributed by atoms with Gasteiger partial charge in [-0.25, -0.2) is 0 Å². The first kappa shape index (κ1) is 17.7. The normalized spacial score (nSPS) is 11.0. The van der Waals surface area contributed by atoms with E-state index in [-0.39, 0.29) is 5.91 Å². The summed E-state index contributed by atoms with van der Waals surface area (Å²) >= 11 is 0. The third-order valence-electron chi connectivity index (χ3n) is 3.30. The number of hydrogen-bond donors (Lipinski definition) is 1. The highest BCUT2D eigenvalue weighted by Crippen LogP contribution is 2.25. The number of amides is 1. The first-order valence-electron chi connectivity index (χ1n) is 7.82. The topological polar surface area (TPSA) is 54.5 Å². The summed E-state index contributed by atoms with van der Waals surface area (Å²) in [6.45, 7) is 3.36. The zero-order valence-corrected chi connectivity index (χ0v) is 14.3. The zero-order valence-electron chi connectivity index (χ0n) is 14.3. The number of pyridine rings is 1. The lowest BCUT2D eigenvalue weighted by atomic mass is 10.2. The third-order valence-corrected chi connectivity index (χ3v) is 3.30. The molecule has 0 aliphatic rings. The molecule has 1 amide bonds. The molecule has 0 aliphatic heterocycles. The van der Waals surface area contributed by atoms with Crippen molar-refractivity contribution in [1.82, 2.24) is 9.88 Å². The van der Waals surface area contributed by atoms with Gasteiger partial charge in [0.2, 0.25) is 5.91 Å². The van der Waals surface area contributed by atoms with Gasteiger partial charge in [0.25, 0.3) is 0 Å². The van der Waals surface area contributed by atoms with Gasteiger partial charge in [-0.05, 0) is 56.4 Å². The Morgan fingerprint density at radius 1 is 1.33 bits per heavy atom. The summed E-state index contributed by atoms with van der Waals surface area (Å²) in [5.74, 6) is 0.472. The maximum Gasteiger partial charge on any atom is 0.248 e. The quantitative estimate of drug-likeness (QED) is 0.795. The fourth-order valence-corrected chi connectivity index (χ4v) is 2.01. The van der Waals surface area contributed by atoms with E-state index in [4.69, 9.17) is 4.74 Å². The number of ether oxygens (including phenoxy) is 1. The monoisotopic (exact) mass is 325 g/mol. The molecule has 0 unspecified atom stereocenters. The van der Waals surface area contributed by atoms with Crippen molar-refractivity contribution in [3.63, 3.8) is 0 Å². The predicted octanol–water partition coefficient (Wildman–Crippen LogP) is 2.98. The van der Waals surface area contributed by atoms with E-state index in [1.165, 1.54) is 6.08 Å². The van der Waals surface area contributed by atoms with E-state index in [1.807, 2.05) is 56.3 Å². The Morgan fingerprint density at radius 3 is 2.88 bits per heavy atom. The molecule has 1 N–H and O–H groups in total. The number of rotatable bonds is 7. The van der Waals surface area contributed by atoms with Crippen molar-refractivity contribution in [2.45, 2.75) is 6.92 Å². The number of likely N-dealkylation sites (N-methyl/N-ethyl adjacent to an activating group) is 1. The van der Waals surface area contributed by atoms with Gasteiger partial charge in [-0.3, -0.25) is 9.78 Å². The minimum atomic E-state index is -0.208. The summed E-state index contributed by atoms with van der Waals surface area (Å²) in [5.41, 5.74) is 2.62. The fraction of sp³-hybridized carbons (Fsp3) is 0.263. The third kappa shape index (κ3) is 5.85. The highest BCUT2D eigenvalue weighted by Gasteiger charge is 2.07. The molecule has 1 aromatic heterocycles. The van der Waals surface area contributed by atoms with E-state index in [0.29, 0.717) is 18.0 Å². The molecule has 24 heavy (non-hydrogen) atoms. The molecule has 126 valence electrons. The summed E-state index contributed by atoms with van der Waals surface area (Å²) in [5, 5.41) is 2.86. The fourth-order valence-electron chi connectivity index (χ4n) is 2.01. The number of nitrogens with zero attached hydrogens (tertiary/aromatic N) is 2. The minimum Gasteiger partial charge on any atom is -0.490 e.